The second kappa shape index (κ2) is 8.62. The van der Waals surface area contributed by atoms with Gasteiger partial charge in [0.1, 0.15) is 6.61 Å². The molecular weight excluding hydrogens is 362 g/mol. The third-order valence-corrected chi connectivity index (χ3v) is 4.17. The highest BCUT2D eigenvalue weighted by molar-refractivity contribution is 5.56. The van der Waals surface area contributed by atoms with Gasteiger partial charge in [0.25, 0.3) is 0 Å². The molecule has 0 saturated carbocycles. The Bertz CT molecular complexity index is 805. The number of hydrogen-bond donors (Lipinski definition) is 3. The second-order valence-electron chi connectivity index (χ2n) is 6.77. The van der Waals surface area contributed by atoms with Gasteiger partial charge in [0.15, 0.2) is 29.9 Å². The topological polar surface area (TPSA) is 89.4 Å². The Morgan fingerprint density at radius 3 is 2.36 bits per heavy atom. The molecule has 2 unspecified atom stereocenters. The molecule has 1 aliphatic heterocycles. The van der Waals surface area contributed by atoms with Crippen molar-refractivity contribution in [1.82, 2.24) is 0 Å². The van der Waals surface area contributed by atoms with Crippen LogP contribution < -0.4 is 14.8 Å². The number of benzene rings is 2. The molecule has 0 amide bonds. The maximum atomic E-state index is 10.1. The van der Waals surface area contributed by atoms with Crippen LogP contribution in [-0.4, -0.2) is 35.7 Å². The van der Waals surface area contributed by atoms with E-state index in [-0.39, 0.29) is 5.57 Å². The van der Waals surface area contributed by atoms with Crippen LogP contribution in [0.5, 0.6) is 11.5 Å². The Hall–Kier alpha value is -2.58. The Kier molecular flexibility index (Phi) is 6.21. The predicted molar refractivity (Wildman–Crippen MR) is 104 cm³/mol. The van der Waals surface area contributed by atoms with Crippen LogP contribution in [0.1, 0.15) is 19.4 Å². The summed E-state index contributed by atoms with van der Waals surface area (Å²) < 4.78 is 21.9. The molecule has 7 heteroatoms. The molecule has 1 saturated heterocycles. The summed E-state index contributed by atoms with van der Waals surface area (Å²) in [6.45, 7) is 3.63. The summed E-state index contributed by atoms with van der Waals surface area (Å²) in [4.78, 5) is 0. The van der Waals surface area contributed by atoms with Gasteiger partial charge in [-0.2, -0.15) is 0 Å². The van der Waals surface area contributed by atoms with Crippen LogP contribution in [-0.2, 0) is 16.1 Å². The number of aliphatic hydroxyl groups is 2. The van der Waals surface area contributed by atoms with E-state index in [1.54, 1.807) is 39.2 Å². The number of aliphatic hydroxyl groups excluding tert-OH is 2. The molecule has 0 aromatic heterocycles. The van der Waals surface area contributed by atoms with Gasteiger partial charge in [-0.3, -0.25) is 0 Å². The zero-order chi connectivity index (χ0) is 20.1. The molecule has 1 fully saturated rings. The van der Waals surface area contributed by atoms with Gasteiger partial charge < -0.3 is 34.5 Å². The molecule has 2 aromatic carbocycles. The zero-order valence-electron chi connectivity index (χ0n) is 16.1. The quantitative estimate of drug-likeness (QED) is 0.702. The normalized spacial score (nSPS) is 21.1. The van der Waals surface area contributed by atoms with Crippen LogP contribution in [0.2, 0.25) is 0 Å². The van der Waals surface area contributed by atoms with Crippen molar-refractivity contribution in [2.75, 3.05) is 12.4 Å². The Morgan fingerprint density at radius 2 is 1.71 bits per heavy atom. The average molecular weight is 387 g/mol. The highest BCUT2D eigenvalue weighted by Gasteiger charge is 2.37. The van der Waals surface area contributed by atoms with Gasteiger partial charge in [-0.15, -0.1) is 0 Å². The largest absolute Gasteiger partial charge is 0.493 e. The van der Waals surface area contributed by atoms with Crippen LogP contribution >= 0.6 is 0 Å². The van der Waals surface area contributed by atoms with Crippen LogP contribution in [0.15, 0.2) is 60.3 Å². The van der Waals surface area contributed by atoms with Crippen molar-refractivity contribution in [3.05, 3.63) is 65.9 Å². The first-order valence-electron chi connectivity index (χ1n) is 8.91. The van der Waals surface area contributed by atoms with Gasteiger partial charge in [0.05, 0.1) is 12.7 Å². The van der Waals surface area contributed by atoms with Crippen LogP contribution in [0.25, 0.3) is 0 Å². The van der Waals surface area contributed by atoms with Gasteiger partial charge in [-0.05, 0) is 31.5 Å². The molecule has 1 aliphatic rings. The summed E-state index contributed by atoms with van der Waals surface area (Å²) in [6.07, 6.45) is -1.11. The SMILES string of the molecule is COc1ccc(NC=C2C(O)OC(C)(C)OC2O)cc1OCc1ccccc1. The fourth-order valence-electron chi connectivity index (χ4n) is 2.75. The van der Waals surface area contributed by atoms with Crippen molar-refractivity contribution in [3.63, 3.8) is 0 Å². The molecule has 0 bridgehead atoms. The number of ether oxygens (including phenoxy) is 4. The fraction of sp³-hybridized carbons (Fsp3) is 0.333. The molecule has 2 aromatic rings. The molecule has 2 atom stereocenters. The van der Waals surface area contributed by atoms with E-state index in [4.69, 9.17) is 18.9 Å². The molecule has 3 rings (SSSR count). The second-order valence-corrected chi connectivity index (χ2v) is 6.77. The van der Waals surface area contributed by atoms with Gasteiger partial charge in [0.2, 0.25) is 0 Å². The van der Waals surface area contributed by atoms with E-state index in [2.05, 4.69) is 5.32 Å². The van der Waals surface area contributed by atoms with E-state index in [1.165, 1.54) is 6.20 Å². The predicted octanol–water partition coefficient (Wildman–Crippen LogP) is 2.99. The number of nitrogens with one attached hydrogen (secondary N) is 1. The number of hydrogen-bond acceptors (Lipinski definition) is 7. The molecule has 0 spiro atoms. The van der Waals surface area contributed by atoms with Gasteiger partial charge >= 0.3 is 0 Å². The van der Waals surface area contributed by atoms with Crippen LogP contribution in [0.3, 0.4) is 0 Å². The minimum atomic E-state index is -1.28. The minimum Gasteiger partial charge on any atom is -0.493 e. The first-order valence-corrected chi connectivity index (χ1v) is 8.91. The highest BCUT2D eigenvalue weighted by atomic mass is 16.8. The smallest absolute Gasteiger partial charge is 0.187 e. The van der Waals surface area contributed by atoms with Crippen molar-refractivity contribution in [1.29, 1.82) is 0 Å². The number of anilines is 1. The Labute approximate surface area is 164 Å². The van der Waals surface area contributed by atoms with E-state index in [0.717, 1.165) is 5.56 Å². The third-order valence-electron chi connectivity index (χ3n) is 4.17. The fourth-order valence-corrected chi connectivity index (χ4v) is 2.75. The first kappa shape index (κ1) is 20.2. The molecule has 0 aliphatic carbocycles. The van der Waals surface area contributed by atoms with Crippen molar-refractivity contribution in [3.8, 4) is 11.5 Å². The summed E-state index contributed by atoms with van der Waals surface area (Å²) in [5.74, 6) is 0.0859. The Balaban J connectivity index is 1.72. The maximum Gasteiger partial charge on any atom is 0.187 e. The monoisotopic (exact) mass is 387 g/mol. The van der Waals surface area contributed by atoms with Gasteiger partial charge in [-0.25, -0.2) is 0 Å². The van der Waals surface area contributed by atoms with E-state index < -0.39 is 18.4 Å². The minimum absolute atomic E-state index is 0.168. The molecule has 28 heavy (non-hydrogen) atoms. The Morgan fingerprint density at radius 1 is 1.04 bits per heavy atom. The molecule has 3 N–H and O–H groups in total. The van der Waals surface area contributed by atoms with E-state index in [0.29, 0.717) is 23.8 Å². The van der Waals surface area contributed by atoms with E-state index in [1.807, 2.05) is 30.3 Å². The lowest BCUT2D eigenvalue weighted by Gasteiger charge is -2.38. The summed E-state index contributed by atoms with van der Waals surface area (Å²) in [5, 5.41) is 23.2. The lowest BCUT2D eigenvalue weighted by atomic mass is 10.2. The van der Waals surface area contributed by atoms with Crippen molar-refractivity contribution < 1.29 is 29.2 Å². The maximum absolute atomic E-state index is 10.1. The van der Waals surface area contributed by atoms with Crippen molar-refractivity contribution in [2.24, 2.45) is 0 Å². The molecule has 0 radical (unpaired) electrons. The average Bonchev–Trinajstić information content (AvgIpc) is 2.65. The summed E-state index contributed by atoms with van der Waals surface area (Å²) in [7, 11) is 1.57. The lowest BCUT2D eigenvalue weighted by molar-refractivity contribution is -0.346. The van der Waals surface area contributed by atoms with Crippen molar-refractivity contribution >= 4 is 5.69 Å². The highest BCUT2D eigenvalue weighted by Crippen LogP contribution is 2.32. The number of methoxy groups -OCH3 is 1. The summed E-state index contributed by atoms with van der Waals surface area (Å²) in [6, 6.07) is 15.1. The third kappa shape index (κ3) is 5.02. The van der Waals surface area contributed by atoms with E-state index in [9.17, 15) is 10.2 Å². The molecular formula is C21H25NO6. The zero-order valence-corrected chi connectivity index (χ0v) is 16.1. The lowest BCUT2D eigenvalue weighted by Crippen LogP contribution is -2.46. The van der Waals surface area contributed by atoms with Crippen molar-refractivity contribution in [2.45, 2.75) is 38.8 Å². The van der Waals surface area contributed by atoms with Gasteiger partial charge in [-0.1, -0.05) is 30.3 Å². The number of rotatable bonds is 6. The molecule has 150 valence electrons. The standard InChI is InChI=1S/C21H25NO6/c1-21(2)27-19(23)16(20(24)28-21)12-22-15-9-10-17(25-3)18(11-15)26-13-14-7-5-4-6-8-14/h4-12,19-20,22-24H,13H2,1-3H3. The van der Waals surface area contributed by atoms with Gasteiger partial charge in [0, 0.05) is 18.0 Å². The molecule has 1 heterocycles. The summed E-state index contributed by atoms with van der Waals surface area (Å²) in [5.41, 5.74) is 1.89. The van der Waals surface area contributed by atoms with E-state index >= 15 is 0 Å². The molecule has 7 nitrogen and oxygen atoms in total. The summed E-state index contributed by atoms with van der Waals surface area (Å²) >= 11 is 0. The van der Waals surface area contributed by atoms with Crippen LogP contribution in [0.4, 0.5) is 5.69 Å². The first-order chi connectivity index (χ1) is 13.4. The van der Waals surface area contributed by atoms with Crippen LogP contribution in [0, 0.1) is 0 Å².